The van der Waals surface area contributed by atoms with Crippen LogP contribution in [-0.2, 0) is 16.0 Å². The molecule has 0 saturated carbocycles. The summed E-state index contributed by atoms with van der Waals surface area (Å²) in [5.41, 5.74) is 0.857. The van der Waals surface area contributed by atoms with E-state index in [9.17, 15) is 4.79 Å². The zero-order valence-electron chi connectivity index (χ0n) is 13.1. The van der Waals surface area contributed by atoms with Gasteiger partial charge in [0.15, 0.2) is 5.13 Å². The molecule has 0 bridgehead atoms. The maximum absolute atomic E-state index is 12.4. The summed E-state index contributed by atoms with van der Waals surface area (Å²) in [6.45, 7) is 6.65. The molecule has 2 heterocycles. The number of amides is 1. The number of thiazole rings is 1. The summed E-state index contributed by atoms with van der Waals surface area (Å²) >= 11 is 1.54. The molecule has 2 atom stereocenters. The highest BCUT2D eigenvalue weighted by molar-refractivity contribution is 7.13. The molecule has 0 aliphatic carbocycles. The highest BCUT2D eigenvalue weighted by atomic mass is 32.1. The lowest BCUT2D eigenvalue weighted by atomic mass is 9.92. The summed E-state index contributed by atoms with van der Waals surface area (Å²) in [6.07, 6.45) is 2.73. The van der Waals surface area contributed by atoms with Crippen LogP contribution in [0.4, 0.5) is 5.13 Å². The van der Waals surface area contributed by atoms with Crippen LogP contribution in [-0.4, -0.2) is 48.6 Å². The summed E-state index contributed by atoms with van der Waals surface area (Å²) < 4.78 is 4.99. The maximum Gasteiger partial charge on any atom is 0.228 e. The lowest BCUT2D eigenvalue weighted by Crippen LogP contribution is -2.46. The number of nitrogens with one attached hydrogen (secondary N) is 1. The predicted octanol–water partition coefficient (Wildman–Crippen LogP) is 2.39. The molecule has 0 spiro atoms. The molecule has 0 aromatic carbocycles. The Bertz CT molecular complexity index is 464. The van der Waals surface area contributed by atoms with Gasteiger partial charge >= 0.3 is 0 Å². The number of hydrogen-bond donors (Lipinski definition) is 1. The van der Waals surface area contributed by atoms with Crippen LogP contribution in [0.2, 0.25) is 0 Å². The molecule has 2 rings (SSSR count). The minimum atomic E-state index is 0.197. The van der Waals surface area contributed by atoms with E-state index in [-0.39, 0.29) is 5.91 Å². The molecule has 1 amide bonds. The normalized spacial score (nSPS) is 22.3. The fraction of sp³-hybridized carbons (Fsp3) is 0.733. The Kier molecular flexibility index (Phi) is 5.99. The second-order valence-corrected chi connectivity index (χ2v) is 6.55. The number of hydrogen-bond acceptors (Lipinski definition) is 5. The highest BCUT2D eigenvalue weighted by Gasteiger charge is 2.28. The number of carbonyl (C=O) groups is 1. The molecule has 1 aliphatic rings. The van der Waals surface area contributed by atoms with Crippen molar-refractivity contribution in [3.8, 4) is 0 Å². The van der Waals surface area contributed by atoms with Gasteiger partial charge in [-0.1, -0.05) is 6.92 Å². The van der Waals surface area contributed by atoms with Crippen molar-refractivity contribution in [1.29, 1.82) is 0 Å². The standard InChI is InChI=1S/C15H25N3O2S/c1-11-5-4-7-18(12(11)2)14(19)9-13-10-21-15(17-13)16-6-8-20-3/h10-12H,4-9H2,1-3H3,(H,16,17). The van der Waals surface area contributed by atoms with E-state index in [1.54, 1.807) is 18.4 Å². The van der Waals surface area contributed by atoms with Crippen molar-refractivity contribution >= 4 is 22.4 Å². The van der Waals surface area contributed by atoms with Gasteiger partial charge in [0.2, 0.25) is 5.91 Å². The monoisotopic (exact) mass is 311 g/mol. The number of aromatic nitrogens is 1. The van der Waals surface area contributed by atoms with Gasteiger partial charge in [-0.3, -0.25) is 4.79 Å². The molecule has 2 unspecified atom stereocenters. The number of ether oxygens (including phenoxy) is 1. The lowest BCUT2D eigenvalue weighted by molar-refractivity contribution is -0.135. The van der Waals surface area contributed by atoms with Crippen molar-refractivity contribution in [3.63, 3.8) is 0 Å². The number of methoxy groups -OCH3 is 1. The molecule has 1 aliphatic heterocycles. The Morgan fingerprint density at radius 1 is 1.57 bits per heavy atom. The van der Waals surface area contributed by atoms with Crippen LogP contribution in [0.1, 0.15) is 32.4 Å². The third-order valence-electron chi connectivity index (χ3n) is 4.16. The van der Waals surface area contributed by atoms with Crippen LogP contribution >= 0.6 is 11.3 Å². The Hall–Kier alpha value is -1.14. The molecule has 1 aromatic heterocycles. The number of rotatable bonds is 6. The molecule has 0 radical (unpaired) electrons. The summed E-state index contributed by atoms with van der Waals surface area (Å²) in [6, 6.07) is 0.337. The van der Waals surface area contributed by atoms with Gasteiger partial charge in [0, 0.05) is 31.6 Å². The largest absolute Gasteiger partial charge is 0.383 e. The zero-order chi connectivity index (χ0) is 15.2. The zero-order valence-corrected chi connectivity index (χ0v) is 13.9. The fourth-order valence-corrected chi connectivity index (χ4v) is 3.41. The van der Waals surface area contributed by atoms with Crippen molar-refractivity contribution in [2.24, 2.45) is 5.92 Å². The average molecular weight is 311 g/mol. The average Bonchev–Trinajstić information content (AvgIpc) is 2.89. The van der Waals surface area contributed by atoms with E-state index in [1.165, 1.54) is 6.42 Å². The van der Waals surface area contributed by atoms with Gasteiger partial charge in [-0.15, -0.1) is 11.3 Å². The van der Waals surface area contributed by atoms with Crippen LogP contribution in [0.3, 0.4) is 0 Å². The van der Waals surface area contributed by atoms with E-state index >= 15 is 0 Å². The van der Waals surface area contributed by atoms with E-state index in [0.29, 0.717) is 25.0 Å². The third-order valence-corrected chi connectivity index (χ3v) is 5.01. The van der Waals surface area contributed by atoms with E-state index in [1.807, 2.05) is 10.3 Å². The molecule has 118 valence electrons. The Morgan fingerprint density at radius 3 is 3.14 bits per heavy atom. The highest BCUT2D eigenvalue weighted by Crippen LogP contribution is 2.24. The molecule has 5 nitrogen and oxygen atoms in total. The molecule has 1 aromatic rings. The Morgan fingerprint density at radius 2 is 2.38 bits per heavy atom. The van der Waals surface area contributed by atoms with Crippen molar-refractivity contribution in [3.05, 3.63) is 11.1 Å². The van der Waals surface area contributed by atoms with Crippen molar-refractivity contribution in [2.75, 3.05) is 32.1 Å². The Balaban J connectivity index is 1.87. The SMILES string of the molecule is COCCNc1nc(CC(=O)N2CCCC(C)C2C)cs1. The van der Waals surface area contributed by atoms with Gasteiger partial charge in [-0.25, -0.2) is 4.98 Å². The molecule has 1 fully saturated rings. The number of carbonyl (C=O) groups excluding carboxylic acids is 1. The van der Waals surface area contributed by atoms with Crippen LogP contribution in [0.5, 0.6) is 0 Å². The first kappa shape index (κ1) is 16.2. The van der Waals surface area contributed by atoms with Crippen molar-refractivity contribution in [2.45, 2.75) is 39.2 Å². The van der Waals surface area contributed by atoms with E-state index < -0.39 is 0 Å². The first-order valence-corrected chi connectivity index (χ1v) is 8.46. The van der Waals surface area contributed by atoms with E-state index in [2.05, 4.69) is 24.1 Å². The molecule has 6 heteroatoms. The van der Waals surface area contributed by atoms with Crippen LogP contribution < -0.4 is 5.32 Å². The number of piperidine rings is 1. The third kappa shape index (κ3) is 4.41. The van der Waals surface area contributed by atoms with Gasteiger partial charge in [0.25, 0.3) is 0 Å². The second kappa shape index (κ2) is 7.75. The van der Waals surface area contributed by atoms with Crippen LogP contribution in [0.15, 0.2) is 5.38 Å². The molecule has 1 N–H and O–H groups in total. The summed E-state index contributed by atoms with van der Waals surface area (Å²) in [5.74, 6) is 0.784. The quantitative estimate of drug-likeness (QED) is 0.820. The smallest absolute Gasteiger partial charge is 0.228 e. The van der Waals surface area contributed by atoms with Gasteiger partial charge in [0.1, 0.15) is 0 Å². The summed E-state index contributed by atoms with van der Waals surface area (Å²) in [4.78, 5) is 18.9. The summed E-state index contributed by atoms with van der Waals surface area (Å²) in [5, 5.41) is 6.01. The van der Waals surface area contributed by atoms with Gasteiger partial charge in [0.05, 0.1) is 18.7 Å². The van der Waals surface area contributed by atoms with Crippen LogP contribution in [0.25, 0.3) is 0 Å². The maximum atomic E-state index is 12.4. The van der Waals surface area contributed by atoms with Gasteiger partial charge < -0.3 is 15.0 Å². The second-order valence-electron chi connectivity index (χ2n) is 5.69. The molecular formula is C15H25N3O2S. The number of likely N-dealkylation sites (tertiary alicyclic amines) is 1. The van der Waals surface area contributed by atoms with E-state index in [0.717, 1.165) is 30.3 Å². The fourth-order valence-electron chi connectivity index (χ4n) is 2.67. The number of nitrogens with zero attached hydrogens (tertiary/aromatic N) is 2. The van der Waals surface area contributed by atoms with Gasteiger partial charge in [-0.05, 0) is 25.7 Å². The number of anilines is 1. The molecule has 1 saturated heterocycles. The summed E-state index contributed by atoms with van der Waals surface area (Å²) in [7, 11) is 1.68. The molecular weight excluding hydrogens is 286 g/mol. The first-order valence-electron chi connectivity index (χ1n) is 7.58. The minimum Gasteiger partial charge on any atom is -0.383 e. The predicted molar refractivity (Wildman–Crippen MR) is 85.8 cm³/mol. The van der Waals surface area contributed by atoms with Crippen molar-refractivity contribution in [1.82, 2.24) is 9.88 Å². The minimum absolute atomic E-state index is 0.197. The lowest BCUT2D eigenvalue weighted by Gasteiger charge is -2.37. The topological polar surface area (TPSA) is 54.5 Å². The van der Waals surface area contributed by atoms with Crippen LogP contribution in [0, 0.1) is 5.92 Å². The molecule has 21 heavy (non-hydrogen) atoms. The van der Waals surface area contributed by atoms with E-state index in [4.69, 9.17) is 4.74 Å². The van der Waals surface area contributed by atoms with Crippen molar-refractivity contribution < 1.29 is 9.53 Å². The van der Waals surface area contributed by atoms with Gasteiger partial charge in [-0.2, -0.15) is 0 Å². The first-order chi connectivity index (χ1) is 10.1. The Labute approximate surface area is 130 Å².